The van der Waals surface area contributed by atoms with Crippen LogP contribution >= 0.6 is 6.64 Å². The standard InChI is InChI=1S/C12H18NO2PS/c1-3-9-13(10-4-2)16(17)14-11-7-5-6-8-12(11)15-16/h5-8H,3-4,9-10H2,1-2H3. The number of rotatable bonds is 5. The van der Waals surface area contributed by atoms with Crippen molar-refractivity contribution in [2.24, 2.45) is 0 Å². The van der Waals surface area contributed by atoms with E-state index in [-0.39, 0.29) is 0 Å². The maximum Gasteiger partial charge on any atom is 0.368 e. The summed E-state index contributed by atoms with van der Waals surface area (Å²) in [6, 6.07) is 7.72. The van der Waals surface area contributed by atoms with Gasteiger partial charge in [-0.1, -0.05) is 26.0 Å². The van der Waals surface area contributed by atoms with Crippen LogP contribution in [0.2, 0.25) is 0 Å². The van der Waals surface area contributed by atoms with Crippen LogP contribution in [0.4, 0.5) is 0 Å². The van der Waals surface area contributed by atoms with Gasteiger partial charge in [-0.2, -0.15) is 0 Å². The van der Waals surface area contributed by atoms with Crippen molar-refractivity contribution >= 4 is 18.4 Å². The van der Waals surface area contributed by atoms with Crippen molar-refractivity contribution in [3.05, 3.63) is 24.3 Å². The van der Waals surface area contributed by atoms with Gasteiger partial charge in [-0.05, 0) is 25.0 Å². The molecule has 3 nitrogen and oxygen atoms in total. The number of nitrogens with zero attached hydrogens (tertiary/aromatic N) is 1. The number of hydrogen-bond donors (Lipinski definition) is 0. The van der Waals surface area contributed by atoms with Gasteiger partial charge in [0.05, 0.1) is 0 Å². The minimum absolute atomic E-state index is 0.785. The molecule has 0 saturated carbocycles. The largest absolute Gasteiger partial charge is 0.420 e. The summed E-state index contributed by atoms with van der Waals surface area (Å²) in [5.74, 6) is 1.57. The zero-order chi connectivity index (χ0) is 12.3. The lowest BCUT2D eigenvalue weighted by atomic mass is 10.3. The zero-order valence-corrected chi connectivity index (χ0v) is 12.0. The zero-order valence-electron chi connectivity index (χ0n) is 10.3. The van der Waals surface area contributed by atoms with Gasteiger partial charge in [0.25, 0.3) is 0 Å². The van der Waals surface area contributed by atoms with Crippen LogP contribution in [0, 0.1) is 0 Å². The first-order valence-corrected chi connectivity index (χ1v) is 8.62. The van der Waals surface area contributed by atoms with Gasteiger partial charge in [-0.3, -0.25) is 0 Å². The Hall–Kier alpha value is -0.570. The molecule has 0 saturated heterocycles. The minimum atomic E-state index is -2.33. The molecule has 1 aliphatic heterocycles. The molecule has 2 rings (SSSR count). The van der Waals surface area contributed by atoms with E-state index in [0.29, 0.717) is 0 Å². The normalized spacial score (nSPS) is 16.4. The van der Waals surface area contributed by atoms with Gasteiger partial charge in [0.2, 0.25) is 0 Å². The summed E-state index contributed by atoms with van der Waals surface area (Å²) in [4.78, 5) is 0. The Labute approximate surface area is 108 Å². The molecule has 94 valence electrons. The predicted molar refractivity (Wildman–Crippen MR) is 74.1 cm³/mol. The summed E-state index contributed by atoms with van der Waals surface area (Å²) < 4.78 is 14.0. The first-order chi connectivity index (χ1) is 8.19. The Morgan fingerprint density at radius 3 is 1.94 bits per heavy atom. The van der Waals surface area contributed by atoms with E-state index in [4.69, 9.17) is 20.9 Å². The lowest BCUT2D eigenvalue weighted by Gasteiger charge is -2.28. The molecule has 5 heteroatoms. The highest BCUT2D eigenvalue weighted by Gasteiger charge is 2.37. The average Bonchev–Trinajstić information content (AvgIpc) is 2.66. The van der Waals surface area contributed by atoms with Crippen LogP contribution in [-0.2, 0) is 11.8 Å². The van der Waals surface area contributed by atoms with E-state index in [1.165, 1.54) is 0 Å². The van der Waals surface area contributed by atoms with Gasteiger partial charge in [0, 0.05) is 24.9 Å². The van der Waals surface area contributed by atoms with Crippen LogP contribution < -0.4 is 9.05 Å². The monoisotopic (exact) mass is 271 g/mol. The second-order valence-electron chi connectivity index (χ2n) is 4.05. The molecular formula is C12H18NO2PS. The Kier molecular flexibility index (Phi) is 4.08. The molecule has 0 spiro atoms. The Morgan fingerprint density at radius 1 is 1.06 bits per heavy atom. The van der Waals surface area contributed by atoms with Crippen molar-refractivity contribution < 1.29 is 9.05 Å². The van der Waals surface area contributed by atoms with Crippen molar-refractivity contribution in [1.29, 1.82) is 0 Å². The minimum Gasteiger partial charge on any atom is -0.420 e. The predicted octanol–water partition coefficient (Wildman–Crippen LogP) is 3.80. The van der Waals surface area contributed by atoms with E-state index in [1.807, 2.05) is 24.3 Å². The van der Waals surface area contributed by atoms with Crippen LogP contribution in [0.25, 0.3) is 0 Å². The molecule has 0 amide bonds. The van der Waals surface area contributed by atoms with Gasteiger partial charge in [0.15, 0.2) is 11.5 Å². The molecule has 0 fully saturated rings. The number of benzene rings is 1. The lowest BCUT2D eigenvalue weighted by Crippen LogP contribution is -2.25. The first-order valence-electron chi connectivity index (χ1n) is 6.03. The Bertz CT molecular complexity index is 403. The van der Waals surface area contributed by atoms with Crippen molar-refractivity contribution in [3.8, 4) is 11.5 Å². The highest BCUT2D eigenvalue weighted by molar-refractivity contribution is 8.09. The van der Waals surface area contributed by atoms with E-state index in [1.54, 1.807) is 0 Å². The van der Waals surface area contributed by atoms with Crippen LogP contribution in [0.3, 0.4) is 0 Å². The summed E-state index contributed by atoms with van der Waals surface area (Å²) >= 11 is 5.62. The van der Waals surface area contributed by atoms with E-state index in [0.717, 1.165) is 37.4 Å². The van der Waals surface area contributed by atoms with Crippen LogP contribution in [0.15, 0.2) is 24.3 Å². The molecular weight excluding hydrogens is 253 g/mol. The summed E-state index contributed by atoms with van der Waals surface area (Å²) in [5.41, 5.74) is 0. The van der Waals surface area contributed by atoms with Crippen molar-refractivity contribution in [2.45, 2.75) is 26.7 Å². The number of para-hydroxylation sites is 2. The summed E-state index contributed by atoms with van der Waals surface area (Å²) in [6.07, 6.45) is 2.11. The molecule has 0 aliphatic carbocycles. The third-order valence-corrected chi connectivity index (χ3v) is 5.67. The molecule has 0 bridgehead atoms. The third-order valence-electron chi connectivity index (χ3n) is 2.59. The summed E-state index contributed by atoms with van der Waals surface area (Å²) in [7, 11) is 0. The molecule has 1 heterocycles. The summed E-state index contributed by atoms with van der Waals surface area (Å²) in [5, 5.41) is 0. The topological polar surface area (TPSA) is 21.7 Å². The molecule has 0 N–H and O–H groups in total. The second kappa shape index (κ2) is 5.38. The Morgan fingerprint density at radius 2 is 1.53 bits per heavy atom. The molecule has 0 radical (unpaired) electrons. The van der Waals surface area contributed by atoms with Gasteiger partial charge >= 0.3 is 6.64 Å². The fraction of sp³-hybridized carbons (Fsp3) is 0.500. The van der Waals surface area contributed by atoms with Crippen LogP contribution in [-0.4, -0.2) is 17.8 Å². The van der Waals surface area contributed by atoms with Crippen LogP contribution in [0.1, 0.15) is 26.7 Å². The van der Waals surface area contributed by atoms with Crippen molar-refractivity contribution in [2.75, 3.05) is 13.1 Å². The molecule has 0 unspecified atom stereocenters. The maximum absolute atomic E-state index is 5.89. The quantitative estimate of drug-likeness (QED) is 0.759. The molecule has 0 atom stereocenters. The van der Waals surface area contributed by atoms with Crippen LogP contribution in [0.5, 0.6) is 11.5 Å². The Balaban J connectivity index is 2.19. The highest BCUT2D eigenvalue weighted by atomic mass is 32.5. The van der Waals surface area contributed by atoms with E-state index < -0.39 is 6.64 Å². The molecule has 1 aromatic rings. The summed E-state index contributed by atoms with van der Waals surface area (Å²) in [6.45, 7) is 3.82. The van der Waals surface area contributed by atoms with Crippen molar-refractivity contribution in [1.82, 2.24) is 4.67 Å². The lowest BCUT2D eigenvalue weighted by molar-refractivity contribution is 0.374. The van der Waals surface area contributed by atoms with Crippen molar-refractivity contribution in [3.63, 3.8) is 0 Å². The van der Waals surface area contributed by atoms with E-state index in [2.05, 4.69) is 18.5 Å². The van der Waals surface area contributed by atoms with Gasteiger partial charge in [-0.25, -0.2) is 4.67 Å². The first kappa shape index (κ1) is 12.9. The highest BCUT2D eigenvalue weighted by Crippen LogP contribution is 2.60. The van der Waals surface area contributed by atoms with Gasteiger partial charge in [0.1, 0.15) is 0 Å². The molecule has 1 aromatic carbocycles. The van der Waals surface area contributed by atoms with E-state index >= 15 is 0 Å². The SMILES string of the molecule is CCCN(CCC)P1(=S)Oc2ccccc2O1. The smallest absolute Gasteiger partial charge is 0.368 e. The number of hydrogen-bond acceptors (Lipinski definition) is 3. The maximum atomic E-state index is 5.89. The van der Waals surface area contributed by atoms with Gasteiger partial charge < -0.3 is 9.05 Å². The van der Waals surface area contributed by atoms with Gasteiger partial charge in [-0.15, -0.1) is 0 Å². The fourth-order valence-corrected chi connectivity index (χ4v) is 4.79. The molecule has 0 aromatic heterocycles. The average molecular weight is 271 g/mol. The fourth-order valence-electron chi connectivity index (χ4n) is 1.86. The molecule has 17 heavy (non-hydrogen) atoms. The third kappa shape index (κ3) is 2.65. The molecule has 1 aliphatic rings. The number of fused-ring (bicyclic) bond motifs is 1. The van der Waals surface area contributed by atoms with E-state index in [9.17, 15) is 0 Å². The second-order valence-corrected chi connectivity index (χ2v) is 7.30.